The van der Waals surface area contributed by atoms with Gasteiger partial charge in [0.25, 0.3) is 0 Å². The van der Waals surface area contributed by atoms with E-state index in [0.29, 0.717) is 0 Å². The van der Waals surface area contributed by atoms with Crippen molar-refractivity contribution in [2.45, 2.75) is 30.1 Å². The minimum absolute atomic E-state index is 0.203. The van der Waals surface area contributed by atoms with E-state index in [2.05, 4.69) is 0 Å². The van der Waals surface area contributed by atoms with Crippen molar-refractivity contribution in [3.8, 4) is 0 Å². The molecule has 0 aromatic carbocycles. The SMILES string of the molecule is [B][C@@H]1C[C@](F)(CO)[C@@H](O)[C@H]1O. The van der Waals surface area contributed by atoms with Crippen LogP contribution in [0.1, 0.15) is 6.42 Å². The third kappa shape index (κ3) is 1.28. The number of hydrogen-bond acceptors (Lipinski definition) is 3. The van der Waals surface area contributed by atoms with Crippen molar-refractivity contribution in [2.24, 2.45) is 0 Å². The van der Waals surface area contributed by atoms with Crippen LogP contribution in [0.15, 0.2) is 0 Å². The topological polar surface area (TPSA) is 60.7 Å². The fourth-order valence-electron chi connectivity index (χ4n) is 1.33. The fourth-order valence-corrected chi connectivity index (χ4v) is 1.33. The molecule has 0 bridgehead atoms. The Morgan fingerprint density at radius 3 is 2.27 bits per heavy atom. The van der Waals surface area contributed by atoms with Gasteiger partial charge in [0.1, 0.15) is 6.10 Å². The lowest BCUT2D eigenvalue weighted by Crippen LogP contribution is -2.41. The van der Waals surface area contributed by atoms with Gasteiger partial charge < -0.3 is 15.3 Å². The first-order valence-corrected chi connectivity index (χ1v) is 3.43. The average molecular weight is 160 g/mol. The molecule has 62 valence electrons. The Kier molecular flexibility index (Phi) is 2.23. The maximum Gasteiger partial charge on any atom is 0.161 e. The zero-order valence-electron chi connectivity index (χ0n) is 5.94. The van der Waals surface area contributed by atoms with Crippen LogP contribution < -0.4 is 0 Å². The highest BCUT2D eigenvalue weighted by Crippen LogP contribution is 2.39. The normalized spacial score (nSPS) is 51.5. The van der Waals surface area contributed by atoms with E-state index >= 15 is 0 Å². The second kappa shape index (κ2) is 2.73. The number of hydrogen-bond donors (Lipinski definition) is 3. The predicted octanol–water partition coefficient (Wildman–Crippen LogP) is -1.23. The summed E-state index contributed by atoms with van der Waals surface area (Å²) in [6, 6.07) is 0. The molecule has 0 amide bonds. The maximum atomic E-state index is 13.2. The van der Waals surface area contributed by atoms with E-state index in [4.69, 9.17) is 23.2 Å². The molecule has 3 N–H and O–H groups in total. The monoisotopic (exact) mass is 160 g/mol. The van der Waals surface area contributed by atoms with E-state index in [1.165, 1.54) is 0 Å². The Morgan fingerprint density at radius 1 is 1.55 bits per heavy atom. The second-order valence-electron chi connectivity index (χ2n) is 3.00. The summed E-state index contributed by atoms with van der Waals surface area (Å²) in [5.41, 5.74) is -2.13. The zero-order chi connectivity index (χ0) is 8.65. The van der Waals surface area contributed by atoms with Crippen LogP contribution in [0, 0.1) is 0 Å². The van der Waals surface area contributed by atoms with Gasteiger partial charge in [-0.3, -0.25) is 0 Å². The summed E-state index contributed by atoms with van der Waals surface area (Å²) in [7, 11) is 5.26. The van der Waals surface area contributed by atoms with Gasteiger partial charge in [-0.25, -0.2) is 4.39 Å². The van der Waals surface area contributed by atoms with Crippen LogP contribution in [0.5, 0.6) is 0 Å². The molecule has 3 nitrogen and oxygen atoms in total. The van der Waals surface area contributed by atoms with Gasteiger partial charge in [-0.2, -0.15) is 0 Å². The fraction of sp³-hybridized carbons (Fsp3) is 1.00. The number of aliphatic hydroxyl groups excluding tert-OH is 3. The highest BCUT2D eigenvalue weighted by atomic mass is 19.1. The number of halogens is 1. The van der Waals surface area contributed by atoms with Crippen LogP contribution >= 0.6 is 0 Å². The molecule has 1 saturated carbocycles. The lowest BCUT2D eigenvalue weighted by atomic mass is 9.83. The highest BCUT2D eigenvalue weighted by molar-refractivity contribution is 6.12. The van der Waals surface area contributed by atoms with Crippen molar-refractivity contribution in [1.82, 2.24) is 0 Å². The third-order valence-corrected chi connectivity index (χ3v) is 2.13. The standard InChI is InChI=1S/C6H10BFO3/c7-3-1-6(8,2-9)5(11)4(3)10/h3-5,9-11H,1-2H2/t3-,4+,5+,6+/m1/s1. The van der Waals surface area contributed by atoms with Crippen molar-refractivity contribution in [3.05, 3.63) is 0 Å². The predicted molar refractivity (Wildman–Crippen MR) is 37.1 cm³/mol. The van der Waals surface area contributed by atoms with E-state index in [1.54, 1.807) is 0 Å². The molecule has 0 aromatic rings. The van der Waals surface area contributed by atoms with Gasteiger partial charge in [-0.15, -0.1) is 0 Å². The second-order valence-corrected chi connectivity index (χ2v) is 3.00. The van der Waals surface area contributed by atoms with Gasteiger partial charge in [-0.1, -0.05) is 0 Å². The van der Waals surface area contributed by atoms with E-state index < -0.39 is 30.3 Å². The molecule has 0 heterocycles. The van der Waals surface area contributed by atoms with Crippen molar-refractivity contribution in [2.75, 3.05) is 6.61 Å². The molecule has 0 aliphatic heterocycles. The lowest BCUT2D eigenvalue weighted by Gasteiger charge is -2.21. The first kappa shape index (κ1) is 8.97. The van der Waals surface area contributed by atoms with Crippen LogP contribution in [0.25, 0.3) is 0 Å². The Hall–Kier alpha value is -0.125. The molecule has 1 fully saturated rings. The van der Waals surface area contributed by atoms with Gasteiger partial charge in [0, 0.05) is 0 Å². The van der Waals surface area contributed by atoms with Gasteiger partial charge in [0.2, 0.25) is 0 Å². The number of rotatable bonds is 1. The van der Waals surface area contributed by atoms with E-state index in [1.807, 2.05) is 0 Å². The van der Waals surface area contributed by atoms with Crippen LogP contribution in [0.3, 0.4) is 0 Å². The molecule has 11 heavy (non-hydrogen) atoms. The zero-order valence-corrected chi connectivity index (χ0v) is 5.94. The van der Waals surface area contributed by atoms with Gasteiger partial charge >= 0.3 is 0 Å². The molecule has 5 heteroatoms. The van der Waals surface area contributed by atoms with Gasteiger partial charge in [0.05, 0.1) is 20.6 Å². The van der Waals surface area contributed by atoms with Crippen LogP contribution in [0.4, 0.5) is 4.39 Å². The molecule has 1 rings (SSSR count). The van der Waals surface area contributed by atoms with E-state index in [9.17, 15) is 4.39 Å². The molecular weight excluding hydrogens is 150 g/mol. The average Bonchev–Trinajstić information content (AvgIpc) is 2.17. The summed E-state index contributed by atoms with van der Waals surface area (Å²) in [4.78, 5) is 0. The first-order valence-electron chi connectivity index (χ1n) is 3.43. The van der Waals surface area contributed by atoms with E-state index in [0.717, 1.165) is 0 Å². The summed E-state index contributed by atoms with van der Waals surface area (Å²) >= 11 is 0. The summed E-state index contributed by atoms with van der Waals surface area (Å²) in [6.45, 7) is -0.807. The molecule has 1 aliphatic carbocycles. The number of alkyl halides is 1. The summed E-state index contributed by atoms with van der Waals surface area (Å²) in [5.74, 6) is -0.790. The molecule has 1 aliphatic rings. The van der Waals surface area contributed by atoms with Gasteiger partial charge in [-0.05, 0) is 12.2 Å². The maximum absolute atomic E-state index is 13.2. The minimum Gasteiger partial charge on any atom is -0.393 e. The van der Waals surface area contributed by atoms with Crippen molar-refractivity contribution >= 4 is 7.85 Å². The highest BCUT2D eigenvalue weighted by Gasteiger charge is 2.51. The quantitative estimate of drug-likeness (QED) is 0.421. The van der Waals surface area contributed by atoms with Crippen LogP contribution in [-0.4, -0.2) is 47.6 Å². The molecule has 4 atom stereocenters. The molecule has 2 radical (unpaired) electrons. The Bertz CT molecular complexity index is 157. The van der Waals surface area contributed by atoms with Crippen molar-refractivity contribution in [1.29, 1.82) is 0 Å². The van der Waals surface area contributed by atoms with Crippen molar-refractivity contribution < 1.29 is 19.7 Å². The molecular formula is C6H10BFO3. The molecule has 0 saturated heterocycles. The number of aliphatic hydroxyl groups is 3. The third-order valence-electron chi connectivity index (χ3n) is 2.13. The van der Waals surface area contributed by atoms with Crippen LogP contribution in [-0.2, 0) is 0 Å². The Balaban J connectivity index is 2.73. The van der Waals surface area contributed by atoms with Crippen molar-refractivity contribution in [3.63, 3.8) is 0 Å². The Labute approximate surface area is 65.3 Å². The smallest absolute Gasteiger partial charge is 0.161 e. The molecule has 0 unspecified atom stereocenters. The molecule has 0 aromatic heterocycles. The summed E-state index contributed by atoms with van der Waals surface area (Å²) in [6.07, 6.45) is -3.04. The Morgan fingerprint density at radius 2 is 2.09 bits per heavy atom. The first-order chi connectivity index (χ1) is 5.01. The van der Waals surface area contributed by atoms with Gasteiger partial charge in [0.15, 0.2) is 5.67 Å². The minimum atomic E-state index is -2.13. The largest absolute Gasteiger partial charge is 0.393 e. The van der Waals surface area contributed by atoms with E-state index in [-0.39, 0.29) is 6.42 Å². The molecule has 0 spiro atoms. The van der Waals surface area contributed by atoms with Crippen LogP contribution in [0.2, 0.25) is 5.82 Å². The summed E-state index contributed by atoms with van der Waals surface area (Å²) in [5, 5.41) is 26.6. The summed E-state index contributed by atoms with van der Waals surface area (Å²) < 4.78 is 13.2. The lowest BCUT2D eigenvalue weighted by molar-refractivity contribution is -0.0627.